The van der Waals surface area contributed by atoms with Crippen LogP contribution in [0, 0.1) is 6.92 Å². The first-order chi connectivity index (χ1) is 6.66. The molecular formula is C10H8BrNOS. The van der Waals surface area contributed by atoms with Crippen LogP contribution in [0.4, 0.5) is 0 Å². The van der Waals surface area contributed by atoms with Gasteiger partial charge in [-0.15, -0.1) is 0 Å². The smallest absolute Gasteiger partial charge is 0.305 e. The minimum Gasteiger partial charge on any atom is -0.316 e. The summed E-state index contributed by atoms with van der Waals surface area (Å²) in [5, 5.41) is 0. The quantitative estimate of drug-likeness (QED) is 0.848. The van der Waals surface area contributed by atoms with Crippen LogP contribution in [0.5, 0.6) is 0 Å². The molecule has 0 spiro atoms. The minimum absolute atomic E-state index is 0.000388. The molecular weight excluding hydrogens is 262 g/mol. The van der Waals surface area contributed by atoms with Gasteiger partial charge in [-0.2, -0.15) is 0 Å². The van der Waals surface area contributed by atoms with Gasteiger partial charge in [-0.05, 0) is 24.6 Å². The van der Waals surface area contributed by atoms with Crippen LogP contribution in [0.15, 0.2) is 33.5 Å². The lowest BCUT2D eigenvalue weighted by Gasteiger charge is -1.98. The number of hydrogen-bond donors (Lipinski definition) is 1. The van der Waals surface area contributed by atoms with Gasteiger partial charge >= 0.3 is 4.87 Å². The number of aromatic amines is 1. The maximum Gasteiger partial charge on any atom is 0.305 e. The summed E-state index contributed by atoms with van der Waals surface area (Å²) in [4.78, 5) is 14.9. The van der Waals surface area contributed by atoms with E-state index in [2.05, 4.69) is 20.9 Å². The number of hydrogen-bond acceptors (Lipinski definition) is 2. The Balaban J connectivity index is 2.54. The molecule has 1 heterocycles. The number of halogens is 1. The van der Waals surface area contributed by atoms with Crippen molar-refractivity contribution in [1.29, 1.82) is 0 Å². The highest BCUT2D eigenvalue weighted by Crippen LogP contribution is 2.25. The molecule has 2 nitrogen and oxygen atoms in total. The molecule has 0 saturated carbocycles. The van der Waals surface area contributed by atoms with Gasteiger partial charge in [0, 0.05) is 10.2 Å². The van der Waals surface area contributed by atoms with E-state index in [4.69, 9.17) is 0 Å². The third-order valence-electron chi connectivity index (χ3n) is 1.93. The van der Waals surface area contributed by atoms with Crippen LogP contribution >= 0.6 is 27.3 Å². The number of aromatic nitrogens is 1. The summed E-state index contributed by atoms with van der Waals surface area (Å²) in [5.74, 6) is 0. The van der Waals surface area contributed by atoms with Crippen molar-refractivity contribution in [2.45, 2.75) is 6.92 Å². The summed E-state index contributed by atoms with van der Waals surface area (Å²) in [7, 11) is 0. The highest BCUT2D eigenvalue weighted by atomic mass is 79.9. The van der Waals surface area contributed by atoms with Crippen molar-refractivity contribution >= 4 is 27.3 Å². The van der Waals surface area contributed by atoms with Gasteiger partial charge in [-0.25, -0.2) is 0 Å². The number of rotatable bonds is 1. The van der Waals surface area contributed by atoms with Gasteiger partial charge in [-0.1, -0.05) is 39.4 Å². The molecule has 2 rings (SSSR count). The number of nitrogens with one attached hydrogen (secondary N) is 1. The SMILES string of the molecule is Cc1[nH]c(=O)sc1-c1ccc(Br)cc1. The standard InChI is InChI=1S/C10H8BrNOS/c1-6-9(14-10(13)12-6)7-2-4-8(11)5-3-7/h2-5H,1H3,(H,12,13). The van der Waals surface area contributed by atoms with E-state index < -0.39 is 0 Å². The fourth-order valence-corrected chi connectivity index (χ4v) is 2.39. The molecule has 4 heteroatoms. The summed E-state index contributed by atoms with van der Waals surface area (Å²) < 4.78 is 1.04. The molecule has 72 valence electrons. The first-order valence-electron chi connectivity index (χ1n) is 4.12. The van der Waals surface area contributed by atoms with Crippen molar-refractivity contribution in [3.63, 3.8) is 0 Å². The van der Waals surface area contributed by atoms with Crippen LogP contribution < -0.4 is 4.87 Å². The van der Waals surface area contributed by atoms with E-state index in [0.717, 1.165) is 20.6 Å². The van der Waals surface area contributed by atoms with Crippen molar-refractivity contribution in [2.24, 2.45) is 0 Å². The molecule has 0 aliphatic rings. The fraction of sp³-hybridized carbons (Fsp3) is 0.100. The summed E-state index contributed by atoms with van der Waals surface area (Å²) in [5.41, 5.74) is 2.01. The maximum absolute atomic E-state index is 11.1. The molecule has 0 aliphatic heterocycles. The molecule has 1 N–H and O–H groups in total. The molecule has 0 fully saturated rings. The number of benzene rings is 1. The van der Waals surface area contributed by atoms with E-state index in [0.29, 0.717) is 0 Å². The Labute approximate surface area is 93.7 Å². The third kappa shape index (κ3) is 1.81. The van der Waals surface area contributed by atoms with E-state index >= 15 is 0 Å². The zero-order valence-corrected chi connectivity index (χ0v) is 9.91. The summed E-state index contributed by atoms with van der Waals surface area (Å²) >= 11 is 4.62. The van der Waals surface area contributed by atoms with Crippen LogP contribution in [-0.4, -0.2) is 4.98 Å². The van der Waals surface area contributed by atoms with Gasteiger partial charge in [-0.3, -0.25) is 4.79 Å². The van der Waals surface area contributed by atoms with Crippen molar-refractivity contribution < 1.29 is 0 Å². The average Bonchev–Trinajstić information content (AvgIpc) is 2.47. The Kier molecular flexibility index (Phi) is 2.56. The van der Waals surface area contributed by atoms with Crippen molar-refractivity contribution in [3.05, 3.63) is 44.1 Å². The molecule has 2 aromatic rings. The van der Waals surface area contributed by atoms with E-state index in [-0.39, 0.29) is 4.87 Å². The monoisotopic (exact) mass is 269 g/mol. The number of aryl methyl sites for hydroxylation is 1. The molecule has 0 bridgehead atoms. The molecule has 0 radical (unpaired) electrons. The minimum atomic E-state index is 0.000388. The summed E-state index contributed by atoms with van der Waals surface area (Å²) in [6, 6.07) is 7.93. The van der Waals surface area contributed by atoms with Crippen LogP contribution in [0.1, 0.15) is 5.69 Å². The van der Waals surface area contributed by atoms with Crippen LogP contribution in [0.25, 0.3) is 10.4 Å². The van der Waals surface area contributed by atoms with Crippen molar-refractivity contribution in [2.75, 3.05) is 0 Å². The zero-order valence-electron chi connectivity index (χ0n) is 7.50. The lowest BCUT2D eigenvalue weighted by molar-refractivity contribution is 1.22. The predicted molar refractivity (Wildman–Crippen MR) is 62.8 cm³/mol. The Morgan fingerprint density at radius 1 is 1.29 bits per heavy atom. The topological polar surface area (TPSA) is 32.9 Å². The highest BCUT2D eigenvalue weighted by molar-refractivity contribution is 9.10. The fourth-order valence-electron chi connectivity index (χ4n) is 1.28. The van der Waals surface area contributed by atoms with Gasteiger partial charge in [0.05, 0.1) is 4.88 Å². The molecule has 14 heavy (non-hydrogen) atoms. The van der Waals surface area contributed by atoms with E-state index in [1.54, 1.807) is 0 Å². The molecule has 0 unspecified atom stereocenters. The average molecular weight is 270 g/mol. The second-order valence-corrected chi connectivity index (χ2v) is 4.87. The normalized spacial score (nSPS) is 10.4. The maximum atomic E-state index is 11.1. The first kappa shape index (κ1) is 9.68. The van der Waals surface area contributed by atoms with Crippen LogP contribution in [0.3, 0.4) is 0 Å². The van der Waals surface area contributed by atoms with E-state index in [9.17, 15) is 4.79 Å². The Hall–Kier alpha value is -0.870. The second-order valence-electron chi connectivity index (χ2n) is 2.98. The van der Waals surface area contributed by atoms with Crippen molar-refractivity contribution in [3.8, 4) is 10.4 Å². The number of thiazole rings is 1. The summed E-state index contributed by atoms with van der Waals surface area (Å²) in [6.07, 6.45) is 0. The molecule has 1 aromatic heterocycles. The first-order valence-corrected chi connectivity index (χ1v) is 5.73. The lowest BCUT2D eigenvalue weighted by atomic mass is 10.2. The van der Waals surface area contributed by atoms with E-state index in [1.165, 1.54) is 11.3 Å². The van der Waals surface area contributed by atoms with Gasteiger partial charge in [0.15, 0.2) is 0 Å². The largest absolute Gasteiger partial charge is 0.316 e. The van der Waals surface area contributed by atoms with Crippen LogP contribution in [0.2, 0.25) is 0 Å². The van der Waals surface area contributed by atoms with Gasteiger partial charge in [0.2, 0.25) is 0 Å². The highest BCUT2D eigenvalue weighted by Gasteiger charge is 2.05. The predicted octanol–water partition coefficient (Wildman–Crippen LogP) is 3.17. The Bertz CT molecular complexity index is 498. The van der Waals surface area contributed by atoms with Crippen LogP contribution in [-0.2, 0) is 0 Å². The van der Waals surface area contributed by atoms with Gasteiger partial charge in [0.1, 0.15) is 0 Å². The van der Waals surface area contributed by atoms with Gasteiger partial charge in [0.25, 0.3) is 0 Å². The second kappa shape index (κ2) is 3.71. The molecule has 0 amide bonds. The molecule has 1 aromatic carbocycles. The Morgan fingerprint density at radius 2 is 1.93 bits per heavy atom. The molecule has 0 atom stereocenters. The Morgan fingerprint density at radius 3 is 2.43 bits per heavy atom. The number of H-pyrrole nitrogens is 1. The van der Waals surface area contributed by atoms with E-state index in [1.807, 2.05) is 31.2 Å². The zero-order chi connectivity index (χ0) is 10.1. The van der Waals surface area contributed by atoms with Gasteiger partial charge < -0.3 is 4.98 Å². The van der Waals surface area contributed by atoms with Crippen molar-refractivity contribution in [1.82, 2.24) is 4.98 Å². The third-order valence-corrected chi connectivity index (χ3v) is 3.49. The summed E-state index contributed by atoms with van der Waals surface area (Å²) in [6.45, 7) is 1.91. The molecule has 0 saturated heterocycles. The lowest BCUT2D eigenvalue weighted by Crippen LogP contribution is -1.90. The molecule has 0 aliphatic carbocycles.